The first-order valence-corrected chi connectivity index (χ1v) is 17.3. The highest BCUT2D eigenvalue weighted by Crippen LogP contribution is 2.51. The van der Waals surface area contributed by atoms with E-state index < -0.39 is 7.60 Å². The summed E-state index contributed by atoms with van der Waals surface area (Å²) in [5.74, 6) is -0.337. The Morgan fingerprint density at radius 1 is 0.639 bits per heavy atom. The summed E-state index contributed by atoms with van der Waals surface area (Å²) >= 11 is 0. The minimum absolute atomic E-state index is 0.337. The number of rotatable bonds is 27. The Bertz CT molecular complexity index is 544. The van der Waals surface area contributed by atoms with Crippen molar-refractivity contribution in [2.75, 3.05) is 27.7 Å². The first-order chi connectivity index (χ1) is 17.3. The van der Waals surface area contributed by atoms with Crippen molar-refractivity contribution in [1.29, 1.82) is 0 Å². The standard InChI is InChI=1S/C31H64NO3P/c1-6-8-9-10-11-12-13-14-15-16-17-18-19-20-21-22-23-24-25-26-27-28-30-35-36(33,34)31(29-7-2)32(3,4)5/h19-20,31H,6-18,21-30H2,1-5H3/p+1. The summed E-state index contributed by atoms with van der Waals surface area (Å²) in [6.45, 7) is 4.74. The van der Waals surface area contributed by atoms with Crippen LogP contribution in [0.3, 0.4) is 0 Å². The van der Waals surface area contributed by atoms with E-state index in [1.54, 1.807) is 0 Å². The van der Waals surface area contributed by atoms with Crippen molar-refractivity contribution >= 4 is 7.60 Å². The molecule has 0 bridgehead atoms. The molecule has 0 aromatic heterocycles. The fourth-order valence-corrected chi connectivity index (χ4v) is 6.96. The smallest absolute Gasteiger partial charge is 0.320 e. The number of hydrogen-bond donors (Lipinski definition) is 1. The van der Waals surface area contributed by atoms with E-state index in [2.05, 4.69) is 26.0 Å². The van der Waals surface area contributed by atoms with E-state index in [-0.39, 0.29) is 5.78 Å². The van der Waals surface area contributed by atoms with Crippen molar-refractivity contribution in [2.45, 2.75) is 161 Å². The molecule has 0 radical (unpaired) electrons. The third-order valence-electron chi connectivity index (χ3n) is 7.25. The van der Waals surface area contributed by atoms with Crippen LogP contribution in [0.15, 0.2) is 12.2 Å². The van der Waals surface area contributed by atoms with Crippen LogP contribution in [0.4, 0.5) is 0 Å². The molecule has 0 amide bonds. The van der Waals surface area contributed by atoms with Gasteiger partial charge in [-0.3, -0.25) is 4.57 Å². The Kier molecular flexibility index (Phi) is 23.8. The number of quaternary nitrogens is 1. The number of unbranched alkanes of at least 4 members (excludes halogenated alkanes) is 18. The molecular formula is C31H65NO3P+. The Morgan fingerprint density at radius 3 is 1.42 bits per heavy atom. The molecule has 2 atom stereocenters. The van der Waals surface area contributed by atoms with Gasteiger partial charge in [0, 0.05) is 6.42 Å². The predicted molar refractivity (Wildman–Crippen MR) is 160 cm³/mol. The number of hydrogen-bond acceptors (Lipinski definition) is 2. The lowest BCUT2D eigenvalue weighted by Gasteiger charge is -2.35. The Labute approximate surface area is 226 Å². The second kappa shape index (κ2) is 23.9. The van der Waals surface area contributed by atoms with E-state index >= 15 is 0 Å². The van der Waals surface area contributed by atoms with Gasteiger partial charge in [-0.25, -0.2) is 0 Å². The van der Waals surface area contributed by atoms with Gasteiger partial charge in [-0.15, -0.1) is 0 Å². The lowest BCUT2D eigenvalue weighted by atomic mass is 10.0. The molecule has 0 aliphatic rings. The maximum atomic E-state index is 12.7. The lowest BCUT2D eigenvalue weighted by Crippen LogP contribution is -2.45. The van der Waals surface area contributed by atoms with E-state index in [0.717, 1.165) is 19.3 Å². The van der Waals surface area contributed by atoms with Gasteiger partial charge in [-0.05, 0) is 38.5 Å². The van der Waals surface area contributed by atoms with Crippen LogP contribution < -0.4 is 0 Å². The molecule has 5 heteroatoms. The van der Waals surface area contributed by atoms with Gasteiger partial charge in [-0.2, -0.15) is 0 Å². The highest BCUT2D eigenvalue weighted by Gasteiger charge is 2.41. The average Bonchev–Trinajstić information content (AvgIpc) is 2.82. The van der Waals surface area contributed by atoms with E-state index in [9.17, 15) is 9.46 Å². The summed E-state index contributed by atoms with van der Waals surface area (Å²) < 4.78 is 18.7. The van der Waals surface area contributed by atoms with E-state index in [1.165, 1.54) is 116 Å². The normalized spacial score (nSPS) is 14.9. The summed E-state index contributed by atoms with van der Waals surface area (Å²) in [6.07, 6.45) is 32.8. The van der Waals surface area contributed by atoms with Crippen LogP contribution in [-0.2, 0) is 9.09 Å². The molecule has 0 aromatic rings. The van der Waals surface area contributed by atoms with Crippen LogP contribution in [0.25, 0.3) is 0 Å². The lowest BCUT2D eigenvalue weighted by molar-refractivity contribution is -0.883. The minimum atomic E-state index is -3.57. The highest BCUT2D eigenvalue weighted by atomic mass is 31.2. The molecule has 216 valence electrons. The molecule has 0 spiro atoms. The Morgan fingerprint density at radius 2 is 1.03 bits per heavy atom. The minimum Gasteiger partial charge on any atom is -0.320 e. The third-order valence-corrected chi connectivity index (χ3v) is 9.51. The van der Waals surface area contributed by atoms with Crippen LogP contribution in [0, 0.1) is 0 Å². The number of nitrogens with zero attached hydrogens (tertiary/aromatic N) is 1. The highest BCUT2D eigenvalue weighted by molar-refractivity contribution is 7.53. The summed E-state index contributed by atoms with van der Waals surface area (Å²) in [6, 6.07) is 0. The molecule has 0 heterocycles. The van der Waals surface area contributed by atoms with Crippen molar-refractivity contribution in [1.82, 2.24) is 0 Å². The molecular weight excluding hydrogens is 465 g/mol. The van der Waals surface area contributed by atoms with Crippen LogP contribution >= 0.6 is 7.60 Å². The summed E-state index contributed by atoms with van der Waals surface area (Å²) in [7, 11) is 2.35. The zero-order chi connectivity index (χ0) is 27.0. The first-order valence-electron chi connectivity index (χ1n) is 15.7. The average molecular weight is 531 g/mol. The topological polar surface area (TPSA) is 46.5 Å². The second-order valence-electron chi connectivity index (χ2n) is 11.8. The fraction of sp³-hybridized carbons (Fsp3) is 0.935. The van der Waals surface area contributed by atoms with Crippen molar-refractivity contribution in [3.05, 3.63) is 12.2 Å². The zero-order valence-corrected chi connectivity index (χ0v) is 26.0. The molecule has 2 unspecified atom stereocenters. The molecule has 0 aliphatic heterocycles. The quantitative estimate of drug-likeness (QED) is 0.0497. The van der Waals surface area contributed by atoms with Crippen LogP contribution in [0.5, 0.6) is 0 Å². The molecule has 0 saturated carbocycles. The largest absolute Gasteiger partial charge is 0.385 e. The number of allylic oxidation sites excluding steroid dienone is 2. The molecule has 0 fully saturated rings. The van der Waals surface area contributed by atoms with Gasteiger partial charge in [0.1, 0.15) is 0 Å². The summed E-state index contributed by atoms with van der Waals surface area (Å²) in [4.78, 5) is 10.4. The molecule has 0 aliphatic carbocycles. The molecule has 0 rings (SSSR count). The van der Waals surface area contributed by atoms with Gasteiger partial charge in [0.05, 0.1) is 27.7 Å². The van der Waals surface area contributed by atoms with Gasteiger partial charge in [0.15, 0.2) is 5.78 Å². The summed E-state index contributed by atoms with van der Waals surface area (Å²) in [5.41, 5.74) is 0. The molecule has 36 heavy (non-hydrogen) atoms. The maximum Gasteiger partial charge on any atom is 0.385 e. The Balaban J connectivity index is 3.46. The second-order valence-corrected chi connectivity index (χ2v) is 13.8. The Hall–Kier alpha value is -0.150. The van der Waals surface area contributed by atoms with Crippen molar-refractivity contribution in [3.63, 3.8) is 0 Å². The zero-order valence-electron chi connectivity index (χ0n) is 25.2. The third kappa shape index (κ3) is 21.9. The van der Waals surface area contributed by atoms with E-state index in [4.69, 9.17) is 4.52 Å². The fourth-order valence-electron chi connectivity index (χ4n) is 4.94. The van der Waals surface area contributed by atoms with E-state index in [1.807, 2.05) is 21.1 Å². The molecule has 1 N–H and O–H groups in total. The first kappa shape index (κ1) is 35.9. The van der Waals surface area contributed by atoms with Crippen LogP contribution in [0.1, 0.15) is 155 Å². The molecule has 0 aromatic carbocycles. The SMILES string of the molecule is CCCCCCCCCCCCCC=CCCCCCCCCCOP(=O)(O)C(CCC)[N+](C)(C)C. The molecule has 4 nitrogen and oxygen atoms in total. The molecule has 0 saturated heterocycles. The van der Waals surface area contributed by atoms with Gasteiger partial charge in [0.2, 0.25) is 0 Å². The monoisotopic (exact) mass is 530 g/mol. The van der Waals surface area contributed by atoms with Crippen molar-refractivity contribution < 1.29 is 18.5 Å². The van der Waals surface area contributed by atoms with Crippen LogP contribution in [0.2, 0.25) is 0 Å². The van der Waals surface area contributed by atoms with Gasteiger partial charge >= 0.3 is 7.60 Å². The van der Waals surface area contributed by atoms with E-state index in [0.29, 0.717) is 17.5 Å². The summed E-state index contributed by atoms with van der Waals surface area (Å²) in [5, 5.41) is 0. The van der Waals surface area contributed by atoms with Gasteiger partial charge in [0.25, 0.3) is 0 Å². The van der Waals surface area contributed by atoms with Crippen molar-refractivity contribution in [2.24, 2.45) is 0 Å². The predicted octanol–water partition coefficient (Wildman–Crippen LogP) is 10.4. The van der Waals surface area contributed by atoms with Crippen molar-refractivity contribution in [3.8, 4) is 0 Å². The van der Waals surface area contributed by atoms with Gasteiger partial charge < -0.3 is 13.9 Å². The van der Waals surface area contributed by atoms with Gasteiger partial charge in [-0.1, -0.05) is 122 Å². The van der Waals surface area contributed by atoms with Crippen LogP contribution in [-0.4, -0.2) is 42.9 Å². The maximum absolute atomic E-state index is 12.7.